The second-order valence-electron chi connectivity index (χ2n) is 6.37. The number of hydrogen-bond donors (Lipinski definition) is 1. The number of aromatic nitrogens is 1. The molecule has 1 aromatic heterocycles. The lowest BCUT2D eigenvalue weighted by Crippen LogP contribution is -2.22. The minimum absolute atomic E-state index is 0.0829. The van der Waals surface area contributed by atoms with Crippen molar-refractivity contribution >= 4 is 16.8 Å². The zero-order valence-electron chi connectivity index (χ0n) is 14.6. The molecule has 0 fully saturated rings. The van der Waals surface area contributed by atoms with Crippen LogP contribution in [0.2, 0.25) is 0 Å². The van der Waals surface area contributed by atoms with Crippen LogP contribution in [0.3, 0.4) is 0 Å². The molecule has 0 spiro atoms. The molecule has 1 aliphatic heterocycles. The molecule has 5 nitrogen and oxygen atoms in total. The van der Waals surface area contributed by atoms with Crippen molar-refractivity contribution in [2.75, 3.05) is 6.79 Å². The average Bonchev–Trinajstić information content (AvgIpc) is 3.18. The number of benzene rings is 2. The first kappa shape index (κ1) is 15.6. The normalized spacial score (nSPS) is 12.6. The number of carbonyl (C=O) groups excluding carboxylic acids is 1. The Balaban J connectivity index is 1.53. The first-order valence-corrected chi connectivity index (χ1v) is 8.27. The predicted octanol–water partition coefficient (Wildman–Crippen LogP) is 3.45. The molecular formula is C20H20N2O3. The van der Waals surface area contributed by atoms with Gasteiger partial charge in [-0.15, -0.1) is 0 Å². The van der Waals surface area contributed by atoms with Gasteiger partial charge in [0.1, 0.15) is 0 Å². The average molecular weight is 336 g/mol. The van der Waals surface area contributed by atoms with Crippen LogP contribution in [0.15, 0.2) is 36.4 Å². The molecule has 0 saturated carbocycles. The van der Waals surface area contributed by atoms with Gasteiger partial charge < -0.3 is 19.4 Å². The van der Waals surface area contributed by atoms with Crippen molar-refractivity contribution in [1.82, 2.24) is 9.88 Å². The maximum Gasteiger partial charge on any atom is 0.251 e. The molecular weight excluding hydrogens is 316 g/mol. The summed E-state index contributed by atoms with van der Waals surface area (Å²) in [6.07, 6.45) is 0. The summed E-state index contributed by atoms with van der Waals surface area (Å²) in [5.41, 5.74) is 5.21. The molecule has 0 atom stereocenters. The number of carbonyl (C=O) groups is 1. The smallest absolute Gasteiger partial charge is 0.251 e. The molecule has 2 heterocycles. The first-order chi connectivity index (χ1) is 12.0. The Hall–Kier alpha value is -2.95. The highest BCUT2D eigenvalue weighted by molar-refractivity contribution is 5.99. The molecule has 1 amide bonds. The van der Waals surface area contributed by atoms with E-state index in [1.165, 1.54) is 11.3 Å². The number of rotatable bonds is 3. The van der Waals surface area contributed by atoms with Crippen LogP contribution in [0.1, 0.15) is 27.2 Å². The van der Waals surface area contributed by atoms with Gasteiger partial charge in [-0.3, -0.25) is 4.79 Å². The van der Waals surface area contributed by atoms with Crippen LogP contribution in [-0.2, 0) is 13.6 Å². The second-order valence-corrected chi connectivity index (χ2v) is 6.37. The fraction of sp³-hybridized carbons (Fsp3) is 0.250. The van der Waals surface area contributed by atoms with Crippen molar-refractivity contribution < 1.29 is 14.3 Å². The summed E-state index contributed by atoms with van der Waals surface area (Å²) in [7, 11) is 2.05. The zero-order valence-corrected chi connectivity index (χ0v) is 14.6. The highest BCUT2D eigenvalue weighted by Crippen LogP contribution is 2.32. The fourth-order valence-electron chi connectivity index (χ4n) is 3.23. The van der Waals surface area contributed by atoms with E-state index in [1.807, 2.05) is 43.4 Å². The summed E-state index contributed by atoms with van der Waals surface area (Å²) >= 11 is 0. The number of hydrogen-bond acceptors (Lipinski definition) is 3. The molecule has 0 radical (unpaired) electrons. The Labute approximate surface area is 146 Å². The van der Waals surface area contributed by atoms with E-state index < -0.39 is 0 Å². The SMILES string of the molecule is Cc1c(C)n(C)c2ccc(C(=O)NCc3ccc4c(c3)OCO4)cc12. The summed E-state index contributed by atoms with van der Waals surface area (Å²) in [5.74, 6) is 1.39. The molecule has 0 aliphatic carbocycles. The van der Waals surface area contributed by atoms with Crippen LogP contribution in [0.5, 0.6) is 11.5 Å². The van der Waals surface area contributed by atoms with E-state index in [0.29, 0.717) is 12.1 Å². The first-order valence-electron chi connectivity index (χ1n) is 8.27. The molecule has 0 bridgehead atoms. The van der Waals surface area contributed by atoms with E-state index in [4.69, 9.17) is 9.47 Å². The van der Waals surface area contributed by atoms with Crippen LogP contribution in [0.4, 0.5) is 0 Å². The highest BCUT2D eigenvalue weighted by Gasteiger charge is 2.15. The number of nitrogens with zero attached hydrogens (tertiary/aromatic N) is 1. The van der Waals surface area contributed by atoms with Gasteiger partial charge in [0.25, 0.3) is 5.91 Å². The number of aryl methyl sites for hydroxylation is 2. The summed E-state index contributed by atoms with van der Waals surface area (Å²) in [6.45, 7) is 4.88. The molecule has 0 unspecified atom stereocenters. The highest BCUT2D eigenvalue weighted by atomic mass is 16.7. The van der Waals surface area contributed by atoms with Crippen molar-refractivity contribution in [3.63, 3.8) is 0 Å². The van der Waals surface area contributed by atoms with Gasteiger partial charge in [-0.1, -0.05) is 6.07 Å². The number of fused-ring (bicyclic) bond motifs is 2. The maximum absolute atomic E-state index is 12.5. The van der Waals surface area contributed by atoms with E-state index in [0.717, 1.165) is 28.0 Å². The Kier molecular flexibility index (Phi) is 3.64. The standard InChI is InChI=1S/C20H20N2O3/c1-12-13(2)22(3)17-6-5-15(9-16(12)17)20(23)21-10-14-4-7-18-19(8-14)25-11-24-18/h4-9H,10-11H2,1-3H3,(H,21,23). The van der Waals surface area contributed by atoms with E-state index in [2.05, 4.69) is 23.7 Å². The number of amides is 1. The third kappa shape index (κ3) is 2.61. The van der Waals surface area contributed by atoms with Gasteiger partial charge in [0, 0.05) is 35.8 Å². The van der Waals surface area contributed by atoms with Crippen LogP contribution in [0.25, 0.3) is 10.9 Å². The monoisotopic (exact) mass is 336 g/mol. The van der Waals surface area contributed by atoms with E-state index in [1.54, 1.807) is 0 Å². The third-order valence-electron chi connectivity index (χ3n) is 4.96. The van der Waals surface area contributed by atoms with Gasteiger partial charge in [-0.05, 0) is 55.3 Å². The lowest BCUT2D eigenvalue weighted by Gasteiger charge is -2.07. The Morgan fingerprint density at radius 2 is 1.92 bits per heavy atom. The molecule has 4 rings (SSSR count). The molecule has 0 saturated heterocycles. The van der Waals surface area contributed by atoms with E-state index >= 15 is 0 Å². The Morgan fingerprint density at radius 1 is 1.12 bits per heavy atom. The number of nitrogens with one attached hydrogen (secondary N) is 1. The van der Waals surface area contributed by atoms with E-state index in [9.17, 15) is 4.79 Å². The Bertz CT molecular complexity index is 988. The fourth-order valence-corrected chi connectivity index (χ4v) is 3.23. The largest absolute Gasteiger partial charge is 0.454 e. The van der Waals surface area contributed by atoms with Gasteiger partial charge in [-0.2, -0.15) is 0 Å². The predicted molar refractivity (Wildman–Crippen MR) is 96.1 cm³/mol. The third-order valence-corrected chi connectivity index (χ3v) is 4.96. The molecule has 2 aromatic carbocycles. The number of ether oxygens (including phenoxy) is 2. The van der Waals surface area contributed by atoms with Gasteiger partial charge >= 0.3 is 0 Å². The van der Waals surface area contributed by atoms with Crippen molar-refractivity contribution in [2.24, 2.45) is 7.05 Å². The minimum atomic E-state index is -0.0829. The lowest BCUT2D eigenvalue weighted by molar-refractivity contribution is 0.0951. The van der Waals surface area contributed by atoms with E-state index in [-0.39, 0.29) is 12.7 Å². The molecule has 1 N–H and O–H groups in total. The maximum atomic E-state index is 12.5. The van der Waals surface area contributed by atoms with Crippen molar-refractivity contribution in [3.8, 4) is 11.5 Å². The molecule has 128 valence electrons. The summed E-state index contributed by atoms with van der Waals surface area (Å²) in [6, 6.07) is 11.5. The van der Waals surface area contributed by atoms with Gasteiger partial charge in [0.2, 0.25) is 6.79 Å². The zero-order chi connectivity index (χ0) is 17.6. The van der Waals surface area contributed by atoms with Crippen molar-refractivity contribution in [1.29, 1.82) is 0 Å². The van der Waals surface area contributed by atoms with Crippen molar-refractivity contribution in [3.05, 3.63) is 58.8 Å². The van der Waals surface area contributed by atoms with Gasteiger partial charge in [-0.25, -0.2) is 0 Å². The van der Waals surface area contributed by atoms with Crippen LogP contribution in [0, 0.1) is 13.8 Å². The molecule has 5 heteroatoms. The van der Waals surface area contributed by atoms with Crippen molar-refractivity contribution in [2.45, 2.75) is 20.4 Å². The lowest BCUT2D eigenvalue weighted by atomic mass is 10.1. The summed E-state index contributed by atoms with van der Waals surface area (Å²) < 4.78 is 12.8. The molecule has 1 aliphatic rings. The van der Waals surface area contributed by atoms with Crippen LogP contribution >= 0.6 is 0 Å². The Morgan fingerprint density at radius 3 is 2.76 bits per heavy atom. The minimum Gasteiger partial charge on any atom is -0.454 e. The van der Waals surface area contributed by atoms with Crippen LogP contribution < -0.4 is 14.8 Å². The van der Waals surface area contributed by atoms with Gasteiger partial charge in [0.05, 0.1) is 0 Å². The van der Waals surface area contributed by atoms with Gasteiger partial charge in [0.15, 0.2) is 11.5 Å². The summed E-state index contributed by atoms with van der Waals surface area (Å²) in [4.78, 5) is 12.5. The quantitative estimate of drug-likeness (QED) is 0.797. The topological polar surface area (TPSA) is 52.5 Å². The summed E-state index contributed by atoms with van der Waals surface area (Å²) in [5, 5.41) is 4.09. The molecule has 3 aromatic rings. The van der Waals surface area contributed by atoms with Crippen LogP contribution in [-0.4, -0.2) is 17.3 Å². The second kappa shape index (κ2) is 5.84. The molecule has 25 heavy (non-hydrogen) atoms.